The fourth-order valence-electron chi connectivity index (χ4n) is 4.96. The van der Waals surface area contributed by atoms with Gasteiger partial charge in [0.25, 0.3) is 0 Å². The molecule has 1 aromatic heterocycles. The Morgan fingerprint density at radius 1 is 1.05 bits per heavy atom. The third-order valence-electron chi connectivity index (χ3n) is 6.98. The molecule has 0 saturated carbocycles. The van der Waals surface area contributed by atoms with Crippen LogP contribution in [-0.4, -0.2) is 44.6 Å². The van der Waals surface area contributed by atoms with Gasteiger partial charge in [-0.1, -0.05) is 39.0 Å². The summed E-state index contributed by atoms with van der Waals surface area (Å²) in [5, 5.41) is 0. The number of hydrogen-bond donors (Lipinski definition) is 0. The molecule has 2 aliphatic rings. The summed E-state index contributed by atoms with van der Waals surface area (Å²) in [6.07, 6.45) is 1.45. The molecular formula is C28H32N4O5. The van der Waals surface area contributed by atoms with E-state index < -0.39 is 29.1 Å². The van der Waals surface area contributed by atoms with Crippen LogP contribution in [0, 0.1) is 0 Å². The summed E-state index contributed by atoms with van der Waals surface area (Å²) in [5.41, 5.74) is 1.63. The maximum atomic E-state index is 13.8. The SMILES string of the molecule is CN(C)C(=O)Oc1ccc2c(c1)OC(C)(C)C1=CCn3c(=O)n(-c4ccc(C(C)(C)C)cc4)c(=O)n3C12. The Balaban J connectivity index is 1.64. The monoisotopic (exact) mass is 504 g/mol. The molecule has 1 atom stereocenters. The number of nitrogens with zero attached hydrogens (tertiary/aromatic N) is 4. The summed E-state index contributed by atoms with van der Waals surface area (Å²) in [5.74, 6) is 0.823. The van der Waals surface area contributed by atoms with E-state index in [1.807, 2.05) is 44.2 Å². The van der Waals surface area contributed by atoms with Crippen molar-refractivity contribution in [1.29, 1.82) is 0 Å². The van der Waals surface area contributed by atoms with Gasteiger partial charge in [-0.3, -0.25) is 0 Å². The Morgan fingerprint density at radius 3 is 2.35 bits per heavy atom. The number of hydrogen-bond acceptors (Lipinski definition) is 5. The standard InChI is InChI=1S/C28H32N4O5/c1-27(2,3)17-8-10-18(11-9-17)31-24(33)30-15-14-21-23(32(30)25(31)34)20-13-12-19(36-26(35)29(6)7)16-22(20)37-28(21,4)5/h8-14,16,23H,15H2,1-7H3. The molecule has 1 amide bonds. The van der Waals surface area contributed by atoms with Gasteiger partial charge in [0, 0.05) is 25.7 Å². The van der Waals surface area contributed by atoms with Crippen molar-refractivity contribution in [1.82, 2.24) is 18.8 Å². The molecule has 9 heteroatoms. The van der Waals surface area contributed by atoms with Crippen LogP contribution in [0.4, 0.5) is 4.79 Å². The Morgan fingerprint density at radius 2 is 1.73 bits per heavy atom. The van der Waals surface area contributed by atoms with Crippen molar-refractivity contribution in [2.45, 2.75) is 58.2 Å². The van der Waals surface area contributed by atoms with Crippen molar-refractivity contribution in [3.63, 3.8) is 0 Å². The summed E-state index contributed by atoms with van der Waals surface area (Å²) < 4.78 is 15.9. The van der Waals surface area contributed by atoms with Gasteiger partial charge in [0.2, 0.25) is 0 Å². The Labute approximate surface area is 215 Å². The second-order valence-electron chi connectivity index (χ2n) is 11.3. The number of aromatic nitrogens is 3. The number of benzene rings is 2. The minimum atomic E-state index is -0.751. The zero-order valence-corrected chi connectivity index (χ0v) is 22.2. The molecule has 3 aromatic rings. The van der Waals surface area contributed by atoms with Gasteiger partial charge in [0.1, 0.15) is 23.1 Å². The number of ether oxygens (including phenoxy) is 2. The van der Waals surface area contributed by atoms with E-state index in [4.69, 9.17) is 9.47 Å². The number of fused-ring (bicyclic) bond motifs is 5. The van der Waals surface area contributed by atoms with Crippen LogP contribution in [-0.2, 0) is 12.0 Å². The molecule has 2 aliphatic heterocycles. The van der Waals surface area contributed by atoms with Crippen LogP contribution in [0.25, 0.3) is 5.69 Å². The predicted octanol–water partition coefficient (Wildman–Crippen LogP) is 3.86. The molecule has 0 bridgehead atoms. The fourth-order valence-corrected chi connectivity index (χ4v) is 4.96. The van der Waals surface area contributed by atoms with Crippen molar-refractivity contribution in [2.24, 2.45) is 0 Å². The second kappa shape index (κ2) is 8.26. The molecule has 1 unspecified atom stereocenters. The van der Waals surface area contributed by atoms with Crippen molar-refractivity contribution >= 4 is 6.09 Å². The molecule has 2 aromatic carbocycles. The molecule has 0 saturated heterocycles. The molecule has 0 N–H and O–H groups in total. The number of allylic oxidation sites excluding steroid dienone is 1. The molecule has 0 radical (unpaired) electrons. The molecular weight excluding hydrogens is 472 g/mol. The van der Waals surface area contributed by atoms with Crippen LogP contribution < -0.4 is 20.9 Å². The predicted molar refractivity (Wildman–Crippen MR) is 140 cm³/mol. The van der Waals surface area contributed by atoms with Gasteiger partial charge >= 0.3 is 17.5 Å². The molecule has 0 aliphatic carbocycles. The van der Waals surface area contributed by atoms with Crippen LogP contribution in [0.5, 0.6) is 11.5 Å². The lowest BCUT2D eigenvalue weighted by molar-refractivity contribution is 0.112. The highest BCUT2D eigenvalue weighted by molar-refractivity contribution is 5.70. The Kier molecular flexibility index (Phi) is 5.51. The largest absolute Gasteiger partial charge is 0.483 e. The van der Waals surface area contributed by atoms with Crippen LogP contribution >= 0.6 is 0 Å². The lowest BCUT2D eigenvalue weighted by atomic mass is 9.83. The average molecular weight is 505 g/mol. The first-order valence-electron chi connectivity index (χ1n) is 12.3. The van der Waals surface area contributed by atoms with E-state index in [0.717, 1.165) is 11.1 Å². The normalized spacial score (nSPS) is 17.6. The number of amides is 1. The molecule has 3 heterocycles. The van der Waals surface area contributed by atoms with Gasteiger partial charge < -0.3 is 14.4 Å². The van der Waals surface area contributed by atoms with E-state index in [-0.39, 0.29) is 12.0 Å². The lowest BCUT2D eigenvalue weighted by Gasteiger charge is -2.42. The van der Waals surface area contributed by atoms with Crippen molar-refractivity contribution in [3.8, 4) is 17.2 Å². The number of carbonyl (C=O) groups is 1. The Bertz CT molecular complexity index is 1550. The molecule has 37 heavy (non-hydrogen) atoms. The summed E-state index contributed by atoms with van der Waals surface area (Å²) in [7, 11) is 3.21. The summed E-state index contributed by atoms with van der Waals surface area (Å²) in [6.45, 7) is 10.5. The fraction of sp³-hybridized carbons (Fsp3) is 0.393. The van der Waals surface area contributed by atoms with Crippen LogP contribution in [0.3, 0.4) is 0 Å². The minimum absolute atomic E-state index is 0.0471. The molecule has 9 nitrogen and oxygen atoms in total. The maximum absolute atomic E-state index is 13.8. The van der Waals surface area contributed by atoms with Gasteiger partial charge in [-0.25, -0.2) is 28.3 Å². The molecule has 0 fully saturated rings. The lowest BCUT2D eigenvalue weighted by Crippen LogP contribution is -2.46. The smallest absolute Gasteiger partial charge is 0.414 e. The summed E-state index contributed by atoms with van der Waals surface area (Å²) >= 11 is 0. The molecule has 194 valence electrons. The third kappa shape index (κ3) is 3.98. The first kappa shape index (κ1) is 24.7. The van der Waals surface area contributed by atoms with Gasteiger partial charge in [-0.15, -0.1) is 0 Å². The van der Waals surface area contributed by atoms with E-state index in [1.54, 1.807) is 32.3 Å². The van der Waals surface area contributed by atoms with Gasteiger partial charge in [0.05, 0.1) is 12.2 Å². The highest BCUT2D eigenvalue weighted by Crippen LogP contribution is 2.47. The third-order valence-corrected chi connectivity index (χ3v) is 6.98. The van der Waals surface area contributed by atoms with Gasteiger partial charge in [-0.2, -0.15) is 0 Å². The summed E-state index contributed by atoms with van der Waals surface area (Å²) in [6, 6.07) is 12.1. The Hall–Kier alpha value is -4.01. The van der Waals surface area contributed by atoms with Crippen LogP contribution in [0.1, 0.15) is 51.8 Å². The quantitative estimate of drug-likeness (QED) is 0.495. The topological polar surface area (TPSA) is 87.7 Å². The van der Waals surface area contributed by atoms with Crippen LogP contribution in [0.15, 0.2) is 63.7 Å². The first-order valence-corrected chi connectivity index (χ1v) is 12.3. The van der Waals surface area contributed by atoms with E-state index in [0.29, 0.717) is 22.7 Å². The van der Waals surface area contributed by atoms with Crippen molar-refractivity contribution < 1.29 is 14.3 Å². The minimum Gasteiger partial charge on any atom is -0.483 e. The van der Waals surface area contributed by atoms with E-state index in [9.17, 15) is 14.4 Å². The van der Waals surface area contributed by atoms with E-state index >= 15 is 0 Å². The van der Waals surface area contributed by atoms with E-state index in [1.165, 1.54) is 18.8 Å². The van der Waals surface area contributed by atoms with E-state index in [2.05, 4.69) is 20.8 Å². The summed E-state index contributed by atoms with van der Waals surface area (Å²) in [4.78, 5) is 40.7. The zero-order chi connectivity index (χ0) is 26.9. The number of rotatable bonds is 2. The highest BCUT2D eigenvalue weighted by Gasteiger charge is 2.44. The van der Waals surface area contributed by atoms with Crippen molar-refractivity contribution in [2.75, 3.05) is 14.1 Å². The molecule has 5 rings (SSSR count). The second-order valence-corrected chi connectivity index (χ2v) is 11.3. The van der Waals surface area contributed by atoms with Gasteiger partial charge in [0.15, 0.2) is 0 Å². The maximum Gasteiger partial charge on any atom is 0.414 e. The number of carbonyl (C=O) groups excluding carboxylic acids is 1. The average Bonchev–Trinajstić information content (AvgIpc) is 3.08. The highest BCUT2D eigenvalue weighted by atomic mass is 16.6. The molecule has 0 spiro atoms. The van der Waals surface area contributed by atoms with Crippen LogP contribution in [0.2, 0.25) is 0 Å². The first-order chi connectivity index (χ1) is 17.3. The zero-order valence-electron chi connectivity index (χ0n) is 22.2. The van der Waals surface area contributed by atoms with Crippen molar-refractivity contribution in [3.05, 3.63) is 86.2 Å². The van der Waals surface area contributed by atoms with Gasteiger partial charge in [-0.05, 0) is 54.7 Å².